The van der Waals surface area contributed by atoms with Crippen LogP contribution in [0.25, 0.3) is 0 Å². The van der Waals surface area contributed by atoms with E-state index in [-0.39, 0.29) is 12.1 Å². The number of ether oxygens (including phenoxy) is 1. The Morgan fingerprint density at radius 3 is 3.00 bits per heavy atom. The van der Waals surface area contributed by atoms with Crippen LogP contribution >= 0.6 is 0 Å². The Morgan fingerprint density at radius 2 is 2.56 bits per heavy atom. The molecule has 1 aliphatic rings. The molecule has 1 aliphatic heterocycles. The zero-order chi connectivity index (χ0) is 6.69. The Hall–Kier alpha value is -0.410. The molecule has 1 saturated heterocycles. The molecule has 3 nitrogen and oxygen atoms in total. The van der Waals surface area contributed by atoms with E-state index in [2.05, 4.69) is 5.32 Å². The van der Waals surface area contributed by atoms with Crippen molar-refractivity contribution < 1.29 is 9.53 Å². The van der Waals surface area contributed by atoms with Crippen LogP contribution in [-0.4, -0.2) is 31.6 Å². The van der Waals surface area contributed by atoms with Gasteiger partial charge in [-0.2, -0.15) is 0 Å². The number of carbonyl (C=O) groups excluding carboxylic acids is 1. The third-order valence-electron chi connectivity index (χ3n) is 1.39. The van der Waals surface area contributed by atoms with Crippen molar-refractivity contribution in [1.29, 1.82) is 0 Å². The number of hydrogen-bond donors (Lipinski definition) is 1. The molecule has 1 fully saturated rings. The monoisotopic (exact) mass is 129 g/mol. The summed E-state index contributed by atoms with van der Waals surface area (Å²) in [6.45, 7) is 3.28. The summed E-state index contributed by atoms with van der Waals surface area (Å²) >= 11 is 0. The molecule has 0 aliphatic carbocycles. The van der Waals surface area contributed by atoms with Gasteiger partial charge in [-0.3, -0.25) is 0 Å². The van der Waals surface area contributed by atoms with Gasteiger partial charge in [0.05, 0.1) is 18.8 Å². The zero-order valence-corrected chi connectivity index (χ0v) is 5.46. The number of rotatable bonds is 1. The molecule has 0 radical (unpaired) electrons. The van der Waals surface area contributed by atoms with E-state index < -0.39 is 0 Å². The number of morpholine rings is 1. The van der Waals surface area contributed by atoms with Crippen LogP contribution in [0.5, 0.6) is 0 Å². The fourth-order valence-corrected chi connectivity index (χ4v) is 0.791. The van der Waals surface area contributed by atoms with Crippen molar-refractivity contribution in [2.45, 2.75) is 19.1 Å². The normalized spacial score (nSPS) is 36.1. The van der Waals surface area contributed by atoms with Gasteiger partial charge in [0.15, 0.2) is 0 Å². The molecule has 1 N–H and O–H groups in total. The number of carbonyl (C=O) groups is 1. The maximum absolute atomic E-state index is 10.1. The third kappa shape index (κ3) is 1.77. The molecular formula is C6H11NO2. The molecule has 9 heavy (non-hydrogen) atoms. The lowest BCUT2D eigenvalue weighted by molar-refractivity contribution is -0.113. The first-order chi connectivity index (χ1) is 4.33. The quantitative estimate of drug-likeness (QED) is 0.488. The second-order valence-corrected chi connectivity index (χ2v) is 2.29. The summed E-state index contributed by atoms with van der Waals surface area (Å²) in [6, 6.07) is -0.0822. The van der Waals surface area contributed by atoms with Gasteiger partial charge < -0.3 is 14.8 Å². The van der Waals surface area contributed by atoms with Gasteiger partial charge in [0.1, 0.15) is 6.29 Å². The average molecular weight is 129 g/mol. The van der Waals surface area contributed by atoms with Crippen molar-refractivity contribution in [3.8, 4) is 0 Å². The summed E-state index contributed by atoms with van der Waals surface area (Å²) in [7, 11) is 0. The van der Waals surface area contributed by atoms with Gasteiger partial charge in [-0.05, 0) is 6.92 Å². The maximum Gasteiger partial charge on any atom is 0.139 e. The van der Waals surface area contributed by atoms with Gasteiger partial charge in [-0.25, -0.2) is 0 Å². The predicted molar refractivity (Wildman–Crippen MR) is 33.3 cm³/mol. The molecular weight excluding hydrogens is 118 g/mol. The Bertz CT molecular complexity index is 97.2. The highest BCUT2D eigenvalue weighted by Gasteiger charge is 2.15. The molecule has 52 valence electrons. The Labute approximate surface area is 54.4 Å². The second kappa shape index (κ2) is 2.94. The standard InChI is InChI=1S/C6H11NO2/c1-5-2-7-6(3-8)4-9-5/h3,5-7H,2,4H2,1H3/t5-,6?/m0/s1. The van der Waals surface area contributed by atoms with E-state index in [4.69, 9.17) is 4.74 Å². The molecule has 0 aromatic carbocycles. The number of nitrogens with one attached hydrogen (secondary N) is 1. The molecule has 0 aromatic heterocycles. The highest BCUT2D eigenvalue weighted by atomic mass is 16.5. The SMILES string of the molecule is C[C@H]1CNC(C=O)CO1. The lowest BCUT2D eigenvalue weighted by atomic mass is 10.2. The van der Waals surface area contributed by atoms with E-state index in [1.807, 2.05) is 6.92 Å². The van der Waals surface area contributed by atoms with Gasteiger partial charge >= 0.3 is 0 Å². The van der Waals surface area contributed by atoms with Gasteiger partial charge in [0.2, 0.25) is 0 Å². The molecule has 0 spiro atoms. The maximum atomic E-state index is 10.1. The zero-order valence-electron chi connectivity index (χ0n) is 5.46. The second-order valence-electron chi connectivity index (χ2n) is 2.29. The lowest BCUT2D eigenvalue weighted by Gasteiger charge is -2.24. The summed E-state index contributed by atoms with van der Waals surface area (Å²) in [5.41, 5.74) is 0. The van der Waals surface area contributed by atoms with E-state index >= 15 is 0 Å². The predicted octanol–water partition coefficient (Wildman–Crippen LogP) is -0.438. The summed E-state index contributed by atoms with van der Waals surface area (Å²) in [5.74, 6) is 0. The molecule has 0 saturated carbocycles. The van der Waals surface area contributed by atoms with Crippen molar-refractivity contribution in [3.05, 3.63) is 0 Å². The van der Waals surface area contributed by atoms with Crippen molar-refractivity contribution in [2.75, 3.05) is 13.2 Å². The highest BCUT2D eigenvalue weighted by Crippen LogP contribution is 1.96. The molecule has 1 heterocycles. The van der Waals surface area contributed by atoms with Crippen LogP contribution < -0.4 is 5.32 Å². The first kappa shape index (κ1) is 6.71. The molecule has 3 heteroatoms. The average Bonchev–Trinajstić information content (AvgIpc) is 1.90. The van der Waals surface area contributed by atoms with E-state index in [1.165, 1.54) is 0 Å². The van der Waals surface area contributed by atoms with Crippen molar-refractivity contribution in [3.63, 3.8) is 0 Å². The molecule has 2 atom stereocenters. The molecule has 0 bridgehead atoms. The highest BCUT2D eigenvalue weighted by molar-refractivity contribution is 5.57. The van der Waals surface area contributed by atoms with Gasteiger partial charge in [-0.1, -0.05) is 0 Å². The van der Waals surface area contributed by atoms with Crippen LogP contribution in [0.4, 0.5) is 0 Å². The summed E-state index contributed by atoms with van der Waals surface area (Å²) < 4.78 is 5.19. The Morgan fingerprint density at radius 1 is 1.78 bits per heavy atom. The molecule has 0 amide bonds. The van der Waals surface area contributed by atoms with Gasteiger partial charge in [0.25, 0.3) is 0 Å². The molecule has 1 rings (SSSR count). The Kier molecular flexibility index (Phi) is 2.19. The molecule has 0 aromatic rings. The summed E-state index contributed by atoms with van der Waals surface area (Å²) in [6.07, 6.45) is 1.13. The summed E-state index contributed by atoms with van der Waals surface area (Å²) in [4.78, 5) is 10.1. The molecule has 1 unspecified atom stereocenters. The van der Waals surface area contributed by atoms with Crippen LogP contribution in [0.3, 0.4) is 0 Å². The minimum Gasteiger partial charge on any atom is -0.375 e. The van der Waals surface area contributed by atoms with Crippen LogP contribution in [0.2, 0.25) is 0 Å². The van der Waals surface area contributed by atoms with Gasteiger partial charge in [-0.15, -0.1) is 0 Å². The fourth-order valence-electron chi connectivity index (χ4n) is 0.791. The largest absolute Gasteiger partial charge is 0.375 e. The minimum absolute atomic E-state index is 0.0822. The number of hydrogen-bond acceptors (Lipinski definition) is 3. The van der Waals surface area contributed by atoms with Crippen molar-refractivity contribution in [1.82, 2.24) is 5.32 Å². The van der Waals surface area contributed by atoms with E-state index in [0.29, 0.717) is 6.61 Å². The topological polar surface area (TPSA) is 38.3 Å². The third-order valence-corrected chi connectivity index (χ3v) is 1.39. The van der Waals surface area contributed by atoms with Crippen LogP contribution in [0, 0.1) is 0 Å². The van der Waals surface area contributed by atoms with Gasteiger partial charge in [0, 0.05) is 6.54 Å². The summed E-state index contributed by atoms with van der Waals surface area (Å²) in [5, 5.41) is 3.03. The van der Waals surface area contributed by atoms with Crippen LogP contribution in [0.1, 0.15) is 6.92 Å². The van der Waals surface area contributed by atoms with Crippen LogP contribution in [0.15, 0.2) is 0 Å². The number of aldehydes is 1. The van der Waals surface area contributed by atoms with E-state index in [9.17, 15) is 4.79 Å². The first-order valence-corrected chi connectivity index (χ1v) is 3.13. The van der Waals surface area contributed by atoms with Crippen molar-refractivity contribution in [2.24, 2.45) is 0 Å². The smallest absolute Gasteiger partial charge is 0.139 e. The first-order valence-electron chi connectivity index (χ1n) is 3.13. The lowest BCUT2D eigenvalue weighted by Crippen LogP contribution is -2.45. The van der Waals surface area contributed by atoms with E-state index in [1.54, 1.807) is 0 Å². The minimum atomic E-state index is -0.0822. The van der Waals surface area contributed by atoms with E-state index in [0.717, 1.165) is 12.8 Å². The van der Waals surface area contributed by atoms with Crippen molar-refractivity contribution >= 4 is 6.29 Å². The van der Waals surface area contributed by atoms with Crippen LogP contribution in [-0.2, 0) is 9.53 Å². The Balaban J connectivity index is 2.26. The fraction of sp³-hybridized carbons (Fsp3) is 0.833.